The Hall–Kier alpha value is -0.720. The summed E-state index contributed by atoms with van der Waals surface area (Å²) in [6, 6.07) is -0.464. The zero-order valence-corrected chi connectivity index (χ0v) is 11.7. The maximum atomic E-state index is 12.1. The molecule has 0 saturated heterocycles. The Morgan fingerprint density at radius 3 is 3.00 bits per heavy atom. The maximum Gasteiger partial charge on any atom is 0.198 e. The molecule has 1 rings (SSSR count). The Kier molecular flexibility index (Phi) is 5.80. The molecule has 17 heavy (non-hydrogen) atoms. The molecule has 0 radical (unpaired) electrons. The van der Waals surface area contributed by atoms with Crippen molar-refractivity contribution in [3.05, 3.63) is 16.4 Å². The number of nitrogens with two attached hydrogens (primary N) is 1. The molecule has 1 unspecified atom stereocenters. The fourth-order valence-corrected chi connectivity index (χ4v) is 2.06. The summed E-state index contributed by atoms with van der Waals surface area (Å²) in [7, 11) is 1.61. The summed E-state index contributed by atoms with van der Waals surface area (Å²) in [5.41, 5.74) is 6.37. The smallest absolute Gasteiger partial charge is 0.198 e. The molecule has 0 amide bonds. The number of hydrogen-bond acceptors (Lipinski definition) is 4. The highest BCUT2D eigenvalue weighted by molar-refractivity contribution is 9.10. The first kappa shape index (κ1) is 14.3. The molecule has 5 nitrogen and oxygen atoms in total. The van der Waals surface area contributed by atoms with E-state index in [4.69, 9.17) is 10.5 Å². The van der Waals surface area contributed by atoms with Crippen LogP contribution >= 0.6 is 15.9 Å². The quantitative estimate of drug-likeness (QED) is 0.777. The highest BCUT2D eigenvalue weighted by Gasteiger charge is 2.22. The van der Waals surface area contributed by atoms with Crippen LogP contribution in [-0.4, -0.2) is 35.3 Å². The molecule has 1 heterocycles. The monoisotopic (exact) mass is 303 g/mol. The van der Waals surface area contributed by atoms with Crippen molar-refractivity contribution in [2.45, 2.75) is 32.4 Å². The van der Waals surface area contributed by atoms with Gasteiger partial charge in [-0.1, -0.05) is 13.3 Å². The molecule has 0 aliphatic heterocycles. The van der Waals surface area contributed by atoms with E-state index in [1.807, 2.05) is 6.92 Å². The third-order valence-corrected chi connectivity index (χ3v) is 3.05. The van der Waals surface area contributed by atoms with Crippen LogP contribution in [0.2, 0.25) is 0 Å². The molecule has 0 fully saturated rings. The predicted octanol–water partition coefficient (Wildman–Crippen LogP) is 1.60. The minimum Gasteiger partial charge on any atom is -0.383 e. The van der Waals surface area contributed by atoms with Crippen LogP contribution in [0.5, 0.6) is 0 Å². The lowest BCUT2D eigenvalue weighted by Crippen LogP contribution is -2.32. The third kappa shape index (κ3) is 3.62. The SMILES string of the molecule is CCCC(N)C(=O)c1c(Br)cnn1CCOC. The van der Waals surface area contributed by atoms with E-state index in [2.05, 4.69) is 21.0 Å². The molecule has 0 aromatic carbocycles. The minimum absolute atomic E-state index is 0.0765. The Morgan fingerprint density at radius 1 is 1.71 bits per heavy atom. The number of ketones is 1. The Balaban J connectivity index is 2.87. The first-order chi connectivity index (χ1) is 8.11. The van der Waals surface area contributed by atoms with Crippen molar-refractivity contribution in [1.29, 1.82) is 0 Å². The third-order valence-electron chi connectivity index (χ3n) is 2.47. The number of hydrogen-bond donors (Lipinski definition) is 1. The van der Waals surface area contributed by atoms with Gasteiger partial charge in [0.1, 0.15) is 5.69 Å². The van der Waals surface area contributed by atoms with Gasteiger partial charge in [-0.25, -0.2) is 0 Å². The van der Waals surface area contributed by atoms with E-state index >= 15 is 0 Å². The lowest BCUT2D eigenvalue weighted by atomic mass is 10.1. The number of ether oxygens (including phenoxy) is 1. The molecule has 0 aliphatic carbocycles. The van der Waals surface area contributed by atoms with Crippen LogP contribution in [-0.2, 0) is 11.3 Å². The van der Waals surface area contributed by atoms with Crippen molar-refractivity contribution in [3.63, 3.8) is 0 Å². The first-order valence-corrected chi connectivity index (χ1v) is 6.41. The van der Waals surface area contributed by atoms with E-state index in [1.165, 1.54) is 0 Å². The molecular formula is C11H18BrN3O2. The predicted molar refractivity (Wildman–Crippen MR) is 69.0 cm³/mol. The van der Waals surface area contributed by atoms with Gasteiger partial charge in [-0.3, -0.25) is 9.48 Å². The lowest BCUT2D eigenvalue weighted by Gasteiger charge is -2.11. The summed E-state index contributed by atoms with van der Waals surface area (Å²) >= 11 is 3.33. The molecular weight excluding hydrogens is 286 g/mol. The van der Waals surface area contributed by atoms with Crippen LogP contribution in [0.15, 0.2) is 10.7 Å². The van der Waals surface area contributed by atoms with Crippen molar-refractivity contribution < 1.29 is 9.53 Å². The maximum absolute atomic E-state index is 12.1. The molecule has 0 saturated carbocycles. The Labute approximate surface area is 109 Å². The number of Topliss-reactive ketones (excluding diaryl/α,β-unsaturated/α-hetero) is 1. The Bertz CT molecular complexity index is 379. The summed E-state index contributed by atoms with van der Waals surface area (Å²) in [4.78, 5) is 12.1. The largest absolute Gasteiger partial charge is 0.383 e. The van der Waals surface area contributed by atoms with Crippen LogP contribution in [0.1, 0.15) is 30.3 Å². The second kappa shape index (κ2) is 6.88. The zero-order chi connectivity index (χ0) is 12.8. The second-order valence-corrected chi connectivity index (χ2v) is 4.67. The van der Waals surface area contributed by atoms with E-state index in [9.17, 15) is 4.79 Å². The molecule has 1 aromatic rings. The van der Waals surface area contributed by atoms with Crippen molar-refractivity contribution in [2.24, 2.45) is 5.73 Å². The Morgan fingerprint density at radius 2 is 2.41 bits per heavy atom. The number of rotatable bonds is 7. The van der Waals surface area contributed by atoms with E-state index in [1.54, 1.807) is 18.0 Å². The van der Waals surface area contributed by atoms with Gasteiger partial charge in [0.25, 0.3) is 0 Å². The number of methoxy groups -OCH3 is 1. The van der Waals surface area contributed by atoms with Gasteiger partial charge in [0, 0.05) is 7.11 Å². The normalized spacial score (nSPS) is 12.7. The number of carbonyl (C=O) groups excluding carboxylic acids is 1. The average Bonchev–Trinajstić information content (AvgIpc) is 2.67. The van der Waals surface area contributed by atoms with Crippen LogP contribution in [0.3, 0.4) is 0 Å². The minimum atomic E-state index is -0.464. The van der Waals surface area contributed by atoms with Crippen LogP contribution in [0.4, 0.5) is 0 Å². The van der Waals surface area contributed by atoms with Crippen molar-refractivity contribution in [3.8, 4) is 0 Å². The van der Waals surface area contributed by atoms with E-state index in [-0.39, 0.29) is 5.78 Å². The number of nitrogens with zero attached hydrogens (tertiary/aromatic N) is 2. The van der Waals surface area contributed by atoms with Gasteiger partial charge in [-0.2, -0.15) is 5.10 Å². The van der Waals surface area contributed by atoms with Gasteiger partial charge in [0.05, 0.1) is 29.9 Å². The lowest BCUT2D eigenvalue weighted by molar-refractivity contribution is 0.0941. The van der Waals surface area contributed by atoms with Crippen molar-refractivity contribution >= 4 is 21.7 Å². The molecule has 0 spiro atoms. The highest BCUT2D eigenvalue weighted by atomic mass is 79.9. The number of halogens is 1. The molecule has 96 valence electrons. The zero-order valence-electron chi connectivity index (χ0n) is 10.1. The van der Waals surface area contributed by atoms with Crippen molar-refractivity contribution in [1.82, 2.24) is 9.78 Å². The highest BCUT2D eigenvalue weighted by Crippen LogP contribution is 2.18. The average molecular weight is 304 g/mol. The van der Waals surface area contributed by atoms with Gasteiger partial charge < -0.3 is 10.5 Å². The molecule has 2 N–H and O–H groups in total. The van der Waals surface area contributed by atoms with Crippen LogP contribution in [0, 0.1) is 0 Å². The number of carbonyl (C=O) groups is 1. The van der Waals surface area contributed by atoms with E-state index in [0.29, 0.717) is 29.7 Å². The van der Waals surface area contributed by atoms with Gasteiger partial charge in [-0.05, 0) is 22.4 Å². The van der Waals surface area contributed by atoms with Crippen LogP contribution < -0.4 is 5.73 Å². The van der Waals surface area contributed by atoms with Crippen LogP contribution in [0.25, 0.3) is 0 Å². The summed E-state index contributed by atoms with van der Waals surface area (Å²) in [6.07, 6.45) is 3.18. The van der Waals surface area contributed by atoms with E-state index < -0.39 is 6.04 Å². The van der Waals surface area contributed by atoms with Gasteiger partial charge in [0.2, 0.25) is 0 Å². The first-order valence-electron chi connectivity index (χ1n) is 5.61. The summed E-state index contributed by atoms with van der Waals surface area (Å²) in [6.45, 7) is 3.06. The fraction of sp³-hybridized carbons (Fsp3) is 0.636. The number of aromatic nitrogens is 2. The summed E-state index contributed by atoms with van der Waals surface area (Å²) in [5, 5.41) is 4.13. The van der Waals surface area contributed by atoms with E-state index in [0.717, 1.165) is 6.42 Å². The molecule has 1 atom stereocenters. The summed E-state index contributed by atoms with van der Waals surface area (Å²) < 4.78 is 7.29. The molecule has 0 aliphatic rings. The molecule has 6 heteroatoms. The topological polar surface area (TPSA) is 70.1 Å². The molecule has 0 bridgehead atoms. The standard InChI is InChI=1S/C11H18BrN3O2/c1-3-4-9(13)11(16)10-8(12)7-14-15(10)5-6-17-2/h7,9H,3-6,13H2,1-2H3. The van der Waals surface area contributed by atoms with Gasteiger partial charge in [-0.15, -0.1) is 0 Å². The van der Waals surface area contributed by atoms with Gasteiger partial charge in [0.15, 0.2) is 5.78 Å². The van der Waals surface area contributed by atoms with Gasteiger partial charge >= 0.3 is 0 Å². The summed E-state index contributed by atoms with van der Waals surface area (Å²) in [5.74, 6) is -0.0765. The fourth-order valence-electron chi connectivity index (χ4n) is 1.57. The van der Waals surface area contributed by atoms with Crippen molar-refractivity contribution in [2.75, 3.05) is 13.7 Å². The second-order valence-electron chi connectivity index (χ2n) is 3.82. The molecule has 1 aromatic heterocycles.